The van der Waals surface area contributed by atoms with Crippen LogP contribution in [-0.4, -0.2) is 29.4 Å². The Balaban J connectivity index is 1.45. The largest absolute Gasteiger partial charge is 0.383 e. The van der Waals surface area contributed by atoms with Crippen molar-refractivity contribution in [1.29, 1.82) is 0 Å². The van der Waals surface area contributed by atoms with Crippen LogP contribution in [0.1, 0.15) is 30.4 Å². The van der Waals surface area contributed by atoms with Crippen molar-refractivity contribution in [2.75, 3.05) is 19.0 Å². The number of amides is 1. The van der Waals surface area contributed by atoms with Crippen LogP contribution < -0.4 is 5.32 Å². The Hall–Kier alpha value is -2.14. The Kier molecular flexibility index (Phi) is 3.88. The Bertz CT molecular complexity index is 755. The molecule has 1 heterocycles. The van der Waals surface area contributed by atoms with Crippen LogP contribution in [0.25, 0.3) is 0 Å². The molecule has 2 aliphatic rings. The van der Waals surface area contributed by atoms with Crippen molar-refractivity contribution < 1.29 is 9.53 Å². The Morgan fingerprint density at radius 3 is 3.21 bits per heavy atom. The second-order valence-electron chi connectivity index (χ2n) is 6.90. The lowest BCUT2D eigenvalue weighted by molar-refractivity contribution is -0.117. The lowest BCUT2D eigenvalue weighted by Gasteiger charge is -2.26. The Morgan fingerprint density at radius 1 is 1.46 bits per heavy atom. The van der Waals surface area contributed by atoms with Crippen LogP contribution >= 0.6 is 0 Å². The number of fused-ring (bicyclic) bond motifs is 2. The molecule has 0 aliphatic heterocycles. The smallest absolute Gasteiger partial charge is 0.228 e. The zero-order valence-corrected chi connectivity index (χ0v) is 14.0. The summed E-state index contributed by atoms with van der Waals surface area (Å²) in [5.41, 5.74) is 3.66. The lowest BCUT2D eigenvalue weighted by Crippen LogP contribution is -2.24. The molecule has 2 aromatic rings. The van der Waals surface area contributed by atoms with Gasteiger partial charge in [-0.15, -0.1) is 0 Å². The second kappa shape index (κ2) is 6.06. The van der Waals surface area contributed by atoms with Crippen LogP contribution in [0.5, 0.6) is 0 Å². The maximum Gasteiger partial charge on any atom is 0.228 e. The first-order valence-electron chi connectivity index (χ1n) is 8.63. The molecule has 0 bridgehead atoms. The predicted molar refractivity (Wildman–Crippen MR) is 91.9 cm³/mol. The number of hydrogen-bond donors (Lipinski definition) is 1. The molecule has 1 fully saturated rings. The topological polar surface area (TPSA) is 56.1 Å². The summed E-state index contributed by atoms with van der Waals surface area (Å²) < 4.78 is 6.83. The quantitative estimate of drug-likeness (QED) is 0.919. The molecule has 0 saturated heterocycles. The van der Waals surface area contributed by atoms with Gasteiger partial charge >= 0.3 is 0 Å². The lowest BCUT2D eigenvalue weighted by atomic mass is 9.78. The van der Waals surface area contributed by atoms with Gasteiger partial charge < -0.3 is 10.1 Å². The molecule has 5 heteroatoms. The third-order valence-electron chi connectivity index (χ3n) is 5.44. The average Bonchev–Trinajstić information content (AvgIpc) is 3.14. The number of nitrogens with one attached hydrogen (secondary N) is 1. The molecule has 1 aromatic carbocycles. The van der Waals surface area contributed by atoms with E-state index in [4.69, 9.17) is 4.74 Å². The van der Waals surface area contributed by atoms with E-state index in [0.717, 1.165) is 24.9 Å². The number of ether oxygens (including phenoxy) is 1. The van der Waals surface area contributed by atoms with Crippen LogP contribution in [0.15, 0.2) is 36.7 Å². The van der Waals surface area contributed by atoms with Gasteiger partial charge in [0.05, 0.1) is 25.0 Å². The standard InChI is InChI=1S/C19H23N3O2/c1-24-10-9-22-13-15(12-20-22)21-18(23)17-11-19(17)8-4-6-14-5-2-3-7-16(14)19/h2-3,5,7,12-13,17H,4,6,8-11H2,1H3,(H,21,23)/t17-,19+/m1/s1. The molecule has 0 unspecified atom stereocenters. The molecule has 2 atom stereocenters. The molecule has 1 aromatic heterocycles. The van der Waals surface area contributed by atoms with Gasteiger partial charge in [0.15, 0.2) is 0 Å². The van der Waals surface area contributed by atoms with E-state index in [-0.39, 0.29) is 17.2 Å². The summed E-state index contributed by atoms with van der Waals surface area (Å²) in [5, 5.41) is 7.29. The van der Waals surface area contributed by atoms with Gasteiger partial charge in [0.2, 0.25) is 5.91 Å². The van der Waals surface area contributed by atoms with Gasteiger partial charge in [-0.1, -0.05) is 24.3 Å². The monoisotopic (exact) mass is 325 g/mol. The fraction of sp³-hybridized carbons (Fsp3) is 0.474. The van der Waals surface area contributed by atoms with E-state index in [2.05, 4.69) is 34.7 Å². The minimum absolute atomic E-state index is 0.0744. The number of rotatable bonds is 5. The van der Waals surface area contributed by atoms with Gasteiger partial charge in [-0.2, -0.15) is 5.10 Å². The van der Waals surface area contributed by atoms with Crippen molar-refractivity contribution in [3.05, 3.63) is 47.8 Å². The summed E-state index contributed by atoms with van der Waals surface area (Å²) in [6, 6.07) is 8.62. The molecule has 5 nitrogen and oxygen atoms in total. The summed E-state index contributed by atoms with van der Waals surface area (Å²) in [6.45, 7) is 1.30. The highest BCUT2D eigenvalue weighted by atomic mass is 16.5. The normalized spacial score (nSPS) is 24.6. The highest BCUT2D eigenvalue weighted by Gasteiger charge is 2.60. The number of aryl methyl sites for hydroxylation is 1. The maximum absolute atomic E-state index is 12.7. The van der Waals surface area contributed by atoms with Crippen LogP contribution in [0.4, 0.5) is 5.69 Å². The zero-order chi connectivity index (χ0) is 16.6. The highest BCUT2D eigenvalue weighted by molar-refractivity contribution is 5.96. The molecule has 1 spiro atoms. The van der Waals surface area contributed by atoms with Gasteiger partial charge in [-0.25, -0.2) is 0 Å². The van der Waals surface area contributed by atoms with Gasteiger partial charge in [0.25, 0.3) is 0 Å². The SMILES string of the molecule is COCCn1cc(NC(=O)[C@H]2C[C@]23CCCc2ccccc23)cn1. The van der Waals surface area contributed by atoms with Gasteiger partial charge in [-0.3, -0.25) is 9.48 Å². The van der Waals surface area contributed by atoms with Crippen molar-refractivity contribution >= 4 is 11.6 Å². The van der Waals surface area contributed by atoms with E-state index in [9.17, 15) is 4.79 Å². The van der Waals surface area contributed by atoms with E-state index in [1.54, 1.807) is 18.0 Å². The summed E-state index contributed by atoms with van der Waals surface area (Å²) in [7, 11) is 1.67. The third kappa shape index (κ3) is 2.63. The van der Waals surface area contributed by atoms with Crippen LogP contribution in [-0.2, 0) is 27.9 Å². The summed E-state index contributed by atoms with van der Waals surface area (Å²) in [4.78, 5) is 12.7. The number of hydrogen-bond acceptors (Lipinski definition) is 3. The third-order valence-corrected chi connectivity index (χ3v) is 5.44. The van der Waals surface area contributed by atoms with Crippen LogP contribution in [0.3, 0.4) is 0 Å². The first-order valence-corrected chi connectivity index (χ1v) is 8.63. The number of nitrogens with zero attached hydrogens (tertiary/aromatic N) is 2. The van der Waals surface area contributed by atoms with E-state index in [0.29, 0.717) is 13.2 Å². The summed E-state index contributed by atoms with van der Waals surface area (Å²) >= 11 is 0. The number of carbonyl (C=O) groups is 1. The molecule has 1 saturated carbocycles. The average molecular weight is 325 g/mol. The van der Waals surface area contributed by atoms with Crippen molar-refractivity contribution in [1.82, 2.24) is 9.78 Å². The van der Waals surface area contributed by atoms with Crippen molar-refractivity contribution in [2.24, 2.45) is 5.92 Å². The van der Waals surface area contributed by atoms with Crippen molar-refractivity contribution in [2.45, 2.75) is 37.6 Å². The number of aromatic nitrogens is 2. The van der Waals surface area contributed by atoms with E-state index in [1.165, 1.54) is 17.5 Å². The van der Waals surface area contributed by atoms with Crippen LogP contribution in [0, 0.1) is 5.92 Å². The Labute approximate surface area is 142 Å². The molecule has 1 amide bonds. The van der Waals surface area contributed by atoms with Crippen molar-refractivity contribution in [3.8, 4) is 0 Å². The minimum Gasteiger partial charge on any atom is -0.383 e. The molecule has 2 aliphatic carbocycles. The Morgan fingerprint density at radius 2 is 2.33 bits per heavy atom. The van der Waals surface area contributed by atoms with Gasteiger partial charge in [0.1, 0.15) is 0 Å². The number of anilines is 1. The summed E-state index contributed by atoms with van der Waals surface area (Å²) in [5.74, 6) is 0.208. The summed E-state index contributed by atoms with van der Waals surface area (Å²) in [6.07, 6.45) is 7.97. The molecule has 24 heavy (non-hydrogen) atoms. The van der Waals surface area contributed by atoms with Gasteiger partial charge in [0, 0.05) is 24.6 Å². The highest BCUT2D eigenvalue weighted by Crippen LogP contribution is 2.60. The fourth-order valence-electron chi connectivity index (χ4n) is 4.14. The zero-order valence-electron chi connectivity index (χ0n) is 14.0. The predicted octanol–water partition coefficient (Wildman–Crippen LogP) is 2.76. The second-order valence-corrected chi connectivity index (χ2v) is 6.90. The molecule has 126 valence electrons. The van der Waals surface area contributed by atoms with Crippen molar-refractivity contribution in [3.63, 3.8) is 0 Å². The van der Waals surface area contributed by atoms with Gasteiger partial charge in [-0.05, 0) is 36.8 Å². The first-order chi connectivity index (χ1) is 11.7. The number of methoxy groups -OCH3 is 1. The van der Waals surface area contributed by atoms with E-state index < -0.39 is 0 Å². The first kappa shape index (κ1) is 15.4. The minimum atomic E-state index is 0.0744. The number of benzene rings is 1. The molecule has 1 N–H and O–H groups in total. The maximum atomic E-state index is 12.7. The molecular weight excluding hydrogens is 302 g/mol. The van der Waals surface area contributed by atoms with E-state index >= 15 is 0 Å². The fourth-order valence-corrected chi connectivity index (χ4v) is 4.14. The molecule has 0 radical (unpaired) electrons. The number of carbonyl (C=O) groups excluding carboxylic acids is 1. The molecular formula is C19H23N3O2. The molecule has 4 rings (SSSR count). The van der Waals surface area contributed by atoms with Crippen LogP contribution in [0.2, 0.25) is 0 Å². The van der Waals surface area contributed by atoms with E-state index in [1.807, 2.05) is 6.20 Å².